The maximum Gasteiger partial charge on any atom is 0.238 e. The van der Waals surface area contributed by atoms with E-state index in [0.717, 1.165) is 11.0 Å². The van der Waals surface area contributed by atoms with Crippen molar-refractivity contribution in [2.75, 3.05) is 25.5 Å². The van der Waals surface area contributed by atoms with Crippen LogP contribution in [0.5, 0.6) is 0 Å². The lowest BCUT2D eigenvalue weighted by molar-refractivity contribution is -0.123. The minimum Gasteiger partial charge on any atom is -0.459 e. The molecule has 0 saturated heterocycles. The Morgan fingerprint density at radius 1 is 1.07 bits per heavy atom. The molecule has 1 atom stereocenters. The number of hydrogen-bond donors (Lipinski definition) is 2. The molecule has 1 aromatic heterocycles. The molecule has 7 heteroatoms. The van der Waals surface area contributed by atoms with E-state index >= 15 is 0 Å². The van der Waals surface area contributed by atoms with Crippen LogP contribution in [0.1, 0.15) is 18.7 Å². The summed E-state index contributed by atoms with van der Waals surface area (Å²) in [5.41, 5.74) is 1.44. The minimum atomic E-state index is -0.267. The van der Waals surface area contributed by atoms with Gasteiger partial charge in [0.1, 0.15) is 11.3 Å². The Labute approximate surface area is 168 Å². The number of rotatable bonds is 7. The number of halogens is 1. The lowest BCUT2D eigenvalue weighted by Crippen LogP contribution is -2.39. The number of fused-ring (bicyclic) bond motifs is 1. The lowest BCUT2D eigenvalue weighted by atomic mass is 10.2. The first kappa shape index (κ1) is 19.9. The highest BCUT2D eigenvalue weighted by atomic mass is 35.5. The Morgan fingerprint density at radius 3 is 2.46 bits per heavy atom. The Balaban J connectivity index is 1.48. The molecule has 28 heavy (non-hydrogen) atoms. The number of para-hydroxylation sites is 1. The third-order valence-corrected chi connectivity index (χ3v) is 4.46. The van der Waals surface area contributed by atoms with E-state index in [0.29, 0.717) is 16.5 Å². The number of likely N-dealkylation sites (N-methyl/N-ethyl adjacent to an activating group) is 1. The summed E-state index contributed by atoms with van der Waals surface area (Å²) in [6.07, 6.45) is 0. The van der Waals surface area contributed by atoms with E-state index < -0.39 is 0 Å². The van der Waals surface area contributed by atoms with Gasteiger partial charge in [-0.15, -0.1) is 0 Å². The number of nitrogens with one attached hydrogen (secondary N) is 2. The largest absolute Gasteiger partial charge is 0.459 e. The van der Waals surface area contributed by atoms with Crippen molar-refractivity contribution < 1.29 is 14.0 Å². The normalized spacial score (nSPS) is 12.1. The first-order valence-electron chi connectivity index (χ1n) is 8.92. The van der Waals surface area contributed by atoms with Gasteiger partial charge < -0.3 is 15.1 Å². The summed E-state index contributed by atoms with van der Waals surface area (Å²) in [6, 6.07) is 16.2. The fraction of sp³-hybridized carbons (Fsp3) is 0.238. The van der Waals surface area contributed by atoms with Crippen LogP contribution >= 0.6 is 11.6 Å². The van der Waals surface area contributed by atoms with Crippen LogP contribution in [0.15, 0.2) is 59.0 Å². The van der Waals surface area contributed by atoms with Crippen LogP contribution in [0, 0.1) is 0 Å². The number of carbonyl (C=O) groups is 2. The SMILES string of the molecule is C[C@H](NC(=O)CN(C)CC(=O)Nc1ccc(Cl)cc1)c1cc2ccccc2o1. The number of anilines is 1. The van der Waals surface area contributed by atoms with Crippen molar-refractivity contribution in [3.63, 3.8) is 0 Å². The van der Waals surface area contributed by atoms with Crippen molar-refractivity contribution >= 4 is 40.1 Å². The summed E-state index contributed by atoms with van der Waals surface area (Å²) in [5.74, 6) is 0.301. The third kappa shape index (κ3) is 5.34. The molecule has 0 unspecified atom stereocenters. The monoisotopic (exact) mass is 399 g/mol. The highest BCUT2D eigenvalue weighted by molar-refractivity contribution is 6.30. The molecule has 3 aromatic rings. The highest BCUT2D eigenvalue weighted by Gasteiger charge is 2.16. The smallest absolute Gasteiger partial charge is 0.238 e. The molecule has 0 bridgehead atoms. The van der Waals surface area contributed by atoms with Gasteiger partial charge in [0.15, 0.2) is 0 Å². The fourth-order valence-electron chi connectivity index (χ4n) is 2.85. The second-order valence-corrected chi connectivity index (χ2v) is 7.14. The van der Waals surface area contributed by atoms with Gasteiger partial charge in [0, 0.05) is 16.1 Å². The highest BCUT2D eigenvalue weighted by Crippen LogP contribution is 2.23. The Kier molecular flexibility index (Phi) is 6.34. The first-order chi connectivity index (χ1) is 13.4. The van der Waals surface area contributed by atoms with Gasteiger partial charge >= 0.3 is 0 Å². The van der Waals surface area contributed by atoms with Gasteiger partial charge in [-0.25, -0.2) is 0 Å². The van der Waals surface area contributed by atoms with Gasteiger partial charge in [-0.3, -0.25) is 14.5 Å². The number of amides is 2. The molecule has 2 N–H and O–H groups in total. The van der Waals surface area contributed by atoms with E-state index in [1.165, 1.54) is 0 Å². The van der Waals surface area contributed by atoms with Crippen LogP contribution in [0.2, 0.25) is 5.02 Å². The number of furan rings is 1. The Bertz CT molecular complexity index is 935. The molecule has 2 aromatic carbocycles. The van der Waals surface area contributed by atoms with Crippen molar-refractivity contribution in [2.24, 2.45) is 0 Å². The maximum absolute atomic E-state index is 12.3. The van der Waals surface area contributed by atoms with Gasteiger partial charge in [-0.1, -0.05) is 29.8 Å². The van der Waals surface area contributed by atoms with Crippen LogP contribution < -0.4 is 10.6 Å². The molecule has 3 rings (SSSR count). The van der Waals surface area contributed by atoms with E-state index in [2.05, 4.69) is 10.6 Å². The predicted octanol–water partition coefficient (Wildman–Crippen LogP) is 3.83. The average molecular weight is 400 g/mol. The van der Waals surface area contributed by atoms with Gasteiger partial charge in [0.25, 0.3) is 0 Å². The summed E-state index contributed by atoms with van der Waals surface area (Å²) >= 11 is 5.83. The lowest BCUT2D eigenvalue weighted by Gasteiger charge is -2.18. The van der Waals surface area contributed by atoms with E-state index in [-0.39, 0.29) is 30.9 Å². The van der Waals surface area contributed by atoms with Crippen LogP contribution in [0.25, 0.3) is 11.0 Å². The zero-order chi connectivity index (χ0) is 20.1. The van der Waals surface area contributed by atoms with Crippen molar-refractivity contribution in [3.05, 3.63) is 65.4 Å². The van der Waals surface area contributed by atoms with Crippen molar-refractivity contribution in [3.8, 4) is 0 Å². The zero-order valence-electron chi connectivity index (χ0n) is 15.7. The quantitative estimate of drug-likeness (QED) is 0.633. The molecule has 0 aliphatic heterocycles. The molecule has 2 amide bonds. The van der Waals surface area contributed by atoms with Gasteiger partial charge in [0.05, 0.1) is 19.1 Å². The molecule has 0 aliphatic carbocycles. The summed E-state index contributed by atoms with van der Waals surface area (Å²) in [4.78, 5) is 26.0. The molecule has 1 heterocycles. The summed E-state index contributed by atoms with van der Waals surface area (Å²) in [6.45, 7) is 2.05. The number of hydrogen-bond acceptors (Lipinski definition) is 4. The van der Waals surface area contributed by atoms with Crippen molar-refractivity contribution in [2.45, 2.75) is 13.0 Å². The van der Waals surface area contributed by atoms with E-state index in [4.69, 9.17) is 16.0 Å². The number of nitrogens with zero attached hydrogens (tertiary/aromatic N) is 1. The standard InChI is InChI=1S/C21H22ClN3O3/c1-14(19-11-15-5-3-4-6-18(15)28-19)23-20(26)12-25(2)13-21(27)24-17-9-7-16(22)8-10-17/h3-11,14H,12-13H2,1-2H3,(H,23,26)(H,24,27)/t14-/m0/s1. The summed E-state index contributed by atoms with van der Waals surface area (Å²) in [5, 5.41) is 7.26. The molecule has 0 radical (unpaired) electrons. The average Bonchev–Trinajstić information content (AvgIpc) is 3.07. The summed E-state index contributed by atoms with van der Waals surface area (Å²) < 4.78 is 5.77. The first-order valence-corrected chi connectivity index (χ1v) is 9.30. The van der Waals surface area contributed by atoms with Crippen LogP contribution in [0.3, 0.4) is 0 Å². The van der Waals surface area contributed by atoms with Crippen molar-refractivity contribution in [1.82, 2.24) is 10.2 Å². The van der Waals surface area contributed by atoms with Crippen LogP contribution in [-0.4, -0.2) is 36.9 Å². The van der Waals surface area contributed by atoms with Crippen LogP contribution in [-0.2, 0) is 9.59 Å². The maximum atomic E-state index is 12.3. The Hall–Kier alpha value is -2.83. The molecule has 0 saturated carbocycles. The minimum absolute atomic E-state index is 0.0923. The van der Waals surface area contributed by atoms with Gasteiger partial charge in [0.2, 0.25) is 11.8 Å². The molecular formula is C21H22ClN3O3. The third-order valence-electron chi connectivity index (χ3n) is 4.20. The number of carbonyl (C=O) groups excluding carboxylic acids is 2. The Morgan fingerprint density at radius 2 is 1.75 bits per heavy atom. The molecular weight excluding hydrogens is 378 g/mol. The molecule has 0 fully saturated rings. The van der Waals surface area contributed by atoms with E-state index in [1.54, 1.807) is 36.2 Å². The molecule has 0 aliphatic rings. The molecule has 0 spiro atoms. The van der Waals surface area contributed by atoms with E-state index in [9.17, 15) is 9.59 Å². The van der Waals surface area contributed by atoms with Crippen molar-refractivity contribution in [1.29, 1.82) is 0 Å². The zero-order valence-corrected chi connectivity index (χ0v) is 16.5. The summed E-state index contributed by atoms with van der Waals surface area (Å²) in [7, 11) is 1.72. The second-order valence-electron chi connectivity index (χ2n) is 6.70. The topological polar surface area (TPSA) is 74.6 Å². The van der Waals surface area contributed by atoms with Gasteiger partial charge in [-0.2, -0.15) is 0 Å². The molecule has 6 nitrogen and oxygen atoms in total. The molecule has 146 valence electrons. The van der Waals surface area contributed by atoms with Gasteiger partial charge in [-0.05, 0) is 50.4 Å². The van der Waals surface area contributed by atoms with E-state index in [1.807, 2.05) is 37.3 Å². The second kappa shape index (κ2) is 8.91. The fourth-order valence-corrected chi connectivity index (χ4v) is 2.98. The number of benzene rings is 2. The predicted molar refractivity (Wildman–Crippen MR) is 110 cm³/mol. The van der Waals surface area contributed by atoms with Crippen LogP contribution in [0.4, 0.5) is 5.69 Å².